The van der Waals surface area contributed by atoms with Gasteiger partial charge in [-0.3, -0.25) is 4.79 Å². The van der Waals surface area contributed by atoms with Gasteiger partial charge in [0.2, 0.25) is 5.91 Å². The molecule has 2 atom stereocenters. The minimum absolute atomic E-state index is 0. The van der Waals surface area contributed by atoms with Crippen molar-refractivity contribution in [2.24, 2.45) is 0 Å². The Hall–Kier alpha value is -0.860. The highest BCUT2D eigenvalue weighted by Crippen LogP contribution is 2.38. The predicted molar refractivity (Wildman–Crippen MR) is 113 cm³/mol. The van der Waals surface area contributed by atoms with E-state index in [0.29, 0.717) is 5.75 Å². The Balaban J connectivity index is 0.00000196. The molecular weight excluding hydrogens is 388 g/mol. The molecule has 26 heavy (non-hydrogen) atoms. The van der Waals surface area contributed by atoms with Gasteiger partial charge in [0.1, 0.15) is 0 Å². The highest BCUT2D eigenvalue weighted by Gasteiger charge is 2.32. The lowest BCUT2D eigenvalue weighted by Gasteiger charge is -2.28. The summed E-state index contributed by atoms with van der Waals surface area (Å²) in [5.41, 5.74) is 1.17. The van der Waals surface area contributed by atoms with E-state index in [1.165, 1.54) is 15.8 Å². The Morgan fingerprint density at radius 3 is 2.85 bits per heavy atom. The number of rotatable bonds is 6. The predicted octanol–water partition coefficient (Wildman–Crippen LogP) is 2.68. The molecule has 0 spiro atoms. The Labute approximate surface area is 168 Å². The van der Waals surface area contributed by atoms with Crippen LogP contribution < -0.4 is 10.6 Å². The number of hydrogen-bond donors (Lipinski definition) is 2. The van der Waals surface area contributed by atoms with Crippen LogP contribution >= 0.6 is 35.7 Å². The third-order valence-corrected chi connectivity index (χ3v) is 7.09. The Bertz CT molecular complexity index is 735. The molecule has 2 aliphatic rings. The molecule has 2 fully saturated rings. The summed E-state index contributed by atoms with van der Waals surface area (Å²) in [6.07, 6.45) is 2.21. The lowest BCUT2D eigenvalue weighted by molar-refractivity contribution is -0.118. The van der Waals surface area contributed by atoms with Gasteiger partial charge >= 0.3 is 0 Å². The number of piperazine rings is 1. The molecule has 1 aromatic carbocycles. The molecule has 5 nitrogen and oxygen atoms in total. The van der Waals surface area contributed by atoms with Gasteiger partial charge in [-0.1, -0.05) is 18.2 Å². The number of amides is 1. The van der Waals surface area contributed by atoms with E-state index in [2.05, 4.69) is 39.8 Å². The fourth-order valence-corrected chi connectivity index (χ4v) is 5.67. The normalized spacial score (nSPS) is 22.2. The number of carbonyl (C=O) groups excluding carboxylic acids is 1. The van der Waals surface area contributed by atoms with E-state index >= 15 is 0 Å². The molecule has 2 N–H and O–H groups in total. The fourth-order valence-electron chi connectivity index (χ4n) is 3.70. The van der Waals surface area contributed by atoms with Crippen molar-refractivity contribution in [2.75, 3.05) is 38.5 Å². The maximum Gasteiger partial charge on any atom is 0.230 e. The van der Waals surface area contributed by atoms with Crippen LogP contribution in [0.2, 0.25) is 0 Å². The number of halogens is 1. The first-order valence-corrected chi connectivity index (χ1v) is 10.8. The average molecular weight is 413 g/mol. The summed E-state index contributed by atoms with van der Waals surface area (Å²) in [6, 6.07) is 8.45. The molecule has 0 bridgehead atoms. The van der Waals surface area contributed by atoms with Crippen molar-refractivity contribution in [1.29, 1.82) is 0 Å². The molecule has 1 aromatic heterocycles. The number of nitrogens with one attached hydrogen (secondary N) is 2. The van der Waals surface area contributed by atoms with Crippen molar-refractivity contribution in [3.63, 3.8) is 0 Å². The molecule has 0 radical (unpaired) electrons. The second kappa shape index (κ2) is 9.37. The molecule has 2 saturated heterocycles. The van der Waals surface area contributed by atoms with Crippen LogP contribution in [0.5, 0.6) is 0 Å². The molecule has 2 aromatic rings. The lowest BCUT2D eigenvalue weighted by atomic mass is 9.96. The molecular formula is C18H25ClN4OS2. The topological polar surface area (TPSA) is 57.3 Å². The second-order valence-corrected chi connectivity index (χ2v) is 8.64. The standard InChI is InChI=1S/C18H24N4OS2.ClH/c23-16-12-24-18(20-16)14(5-3-9-22-10-7-19-8-11-22)17-13-4-1-2-6-15(13)25-21-17;/h1-2,4,6,14,18-19H,3,5,7-12H2,(H,20,23);1H. The van der Waals surface area contributed by atoms with Gasteiger partial charge in [0, 0.05) is 37.5 Å². The van der Waals surface area contributed by atoms with Gasteiger partial charge in [-0.2, -0.15) is 4.37 Å². The van der Waals surface area contributed by atoms with Crippen molar-refractivity contribution in [3.05, 3.63) is 30.0 Å². The average Bonchev–Trinajstić information content (AvgIpc) is 3.26. The van der Waals surface area contributed by atoms with E-state index in [9.17, 15) is 4.79 Å². The van der Waals surface area contributed by atoms with Gasteiger partial charge in [0.25, 0.3) is 0 Å². The van der Waals surface area contributed by atoms with Crippen molar-refractivity contribution < 1.29 is 4.79 Å². The number of thioether (sulfide) groups is 1. The summed E-state index contributed by atoms with van der Waals surface area (Å²) < 4.78 is 6.02. The Morgan fingerprint density at radius 1 is 1.27 bits per heavy atom. The molecule has 3 heterocycles. The summed E-state index contributed by atoms with van der Waals surface area (Å²) in [4.78, 5) is 14.3. The summed E-state index contributed by atoms with van der Waals surface area (Å²) in [5, 5.41) is 7.97. The Morgan fingerprint density at radius 2 is 2.08 bits per heavy atom. The zero-order valence-electron chi connectivity index (χ0n) is 14.6. The molecule has 2 aliphatic heterocycles. The van der Waals surface area contributed by atoms with Crippen LogP contribution in [-0.2, 0) is 4.79 Å². The summed E-state index contributed by atoms with van der Waals surface area (Å²) in [6.45, 7) is 5.59. The fraction of sp³-hybridized carbons (Fsp3) is 0.556. The van der Waals surface area contributed by atoms with Gasteiger partial charge in [-0.15, -0.1) is 24.2 Å². The van der Waals surface area contributed by atoms with E-state index in [1.807, 2.05) is 0 Å². The molecule has 0 saturated carbocycles. The zero-order valence-corrected chi connectivity index (χ0v) is 17.1. The largest absolute Gasteiger partial charge is 0.343 e. The third kappa shape index (κ3) is 4.51. The summed E-state index contributed by atoms with van der Waals surface area (Å²) in [5.74, 6) is 1.01. The van der Waals surface area contributed by atoms with E-state index in [-0.39, 0.29) is 29.6 Å². The van der Waals surface area contributed by atoms with Gasteiger partial charge in [-0.25, -0.2) is 0 Å². The first kappa shape index (κ1) is 19.9. The van der Waals surface area contributed by atoms with E-state index in [1.54, 1.807) is 23.3 Å². The van der Waals surface area contributed by atoms with E-state index < -0.39 is 0 Å². The van der Waals surface area contributed by atoms with Crippen molar-refractivity contribution in [1.82, 2.24) is 19.9 Å². The van der Waals surface area contributed by atoms with Gasteiger partial charge in [-0.05, 0) is 37.0 Å². The van der Waals surface area contributed by atoms with Crippen LogP contribution in [0, 0.1) is 0 Å². The van der Waals surface area contributed by atoms with Crippen LogP contribution in [-0.4, -0.2) is 59.0 Å². The highest BCUT2D eigenvalue weighted by molar-refractivity contribution is 8.01. The molecule has 1 amide bonds. The molecule has 8 heteroatoms. The highest BCUT2D eigenvalue weighted by atomic mass is 35.5. The van der Waals surface area contributed by atoms with E-state index in [0.717, 1.165) is 45.6 Å². The van der Waals surface area contributed by atoms with Crippen LogP contribution in [0.1, 0.15) is 24.5 Å². The second-order valence-electron chi connectivity index (χ2n) is 6.70. The van der Waals surface area contributed by atoms with Crippen LogP contribution in [0.25, 0.3) is 10.1 Å². The molecule has 2 unspecified atom stereocenters. The quantitative estimate of drug-likeness (QED) is 0.763. The minimum Gasteiger partial charge on any atom is -0.343 e. The number of aromatic nitrogens is 1. The maximum atomic E-state index is 11.7. The van der Waals surface area contributed by atoms with Crippen LogP contribution in [0.4, 0.5) is 0 Å². The Kier molecular flexibility index (Phi) is 7.17. The number of hydrogen-bond acceptors (Lipinski definition) is 6. The minimum atomic E-state index is 0. The SMILES string of the molecule is Cl.O=C1CSC(C(CCCN2CCNCC2)c2nsc3ccccc23)N1. The monoisotopic (exact) mass is 412 g/mol. The zero-order chi connectivity index (χ0) is 17.1. The van der Waals surface area contributed by atoms with Gasteiger partial charge in [0.05, 0.1) is 21.5 Å². The lowest BCUT2D eigenvalue weighted by Crippen LogP contribution is -2.43. The number of carbonyl (C=O) groups is 1. The van der Waals surface area contributed by atoms with E-state index in [4.69, 9.17) is 4.37 Å². The van der Waals surface area contributed by atoms with Gasteiger partial charge < -0.3 is 15.5 Å². The van der Waals surface area contributed by atoms with Crippen molar-refractivity contribution >= 4 is 51.7 Å². The number of fused-ring (bicyclic) bond motifs is 1. The summed E-state index contributed by atoms with van der Waals surface area (Å²) >= 11 is 3.30. The third-order valence-electron chi connectivity index (χ3n) is 5.02. The number of benzene rings is 1. The van der Waals surface area contributed by atoms with Crippen LogP contribution in [0.15, 0.2) is 24.3 Å². The van der Waals surface area contributed by atoms with Crippen molar-refractivity contribution in [3.8, 4) is 0 Å². The first-order chi connectivity index (χ1) is 12.3. The molecule has 4 rings (SSSR count). The first-order valence-electron chi connectivity index (χ1n) is 8.99. The maximum absolute atomic E-state index is 11.7. The van der Waals surface area contributed by atoms with Gasteiger partial charge in [0.15, 0.2) is 0 Å². The number of nitrogens with zero attached hydrogens (tertiary/aromatic N) is 2. The summed E-state index contributed by atoms with van der Waals surface area (Å²) in [7, 11) is 0. The smallest absolute Gasteiger partial charge is 0.230 e. The van der Waals surface area contributed by atoms with Crippen LogP contribution in [0.3, 0.4) is 0 Å². The van der Waals surface area contributed by atoms with Crippen molar-refractivity contribution in [2.45, 2.75) is 24.1 Å². The molecule has 0 aliphatic carbocycles. The molecule has 142 valence electrons.